The fourth-order valence-electron chi connectivity index (χ4n) is 5.92. The maximum atomic E-state index is 14.6. The molecule has 2 atom stereocenters. The second kappa shape index (κ2) is 11.5. The Morgan fingerprint density at radius 3 is 2.67 bits per heavy atom. The van der Waals surface area contributed by atoms with Crippen LogP contribution in [-0.4, -0.2) is 51.0 Å². The predicted octanol–water partition coefficient (Wildman–Crippen LogP) is 3.46. The van der Waals surface area contributed by atoms with Crippen molar-refractivity contribution < 1.29 is 28.2 Å². The Kier molecular flexibility index (Phi) is 7.73. The van der Waals surface area contributed by atoms with E-state index in [0.29, 0.717) is 64.7 Å². The number of benzene rings is 1. The first-order valence-corrected chi connectivity index (χ1v) is 14.7. The van der Waals surface area contributed by atoms with E-state index in [1.54, 1.807) is 6.92 Å². The monoisotopic (exact) mass is 598 g/mol. The molecule has 1 aliphatic carbocycles. The molecule has 1 saturated carbocycles. The van der Waals surface area contributed by atoms with Crippen molar-refractivity contribution in [3.8, 4) is 16.5 Å². The molecule has 1 aromatic carbocycles. The van der Waals surface area contributed by atoms with Crippen LogP contribution in [0.3, 0.4) is 0 Å². The van der Waals surface area contributed by atoms with Crippen molar-refractivity contribution >= 4 is 27.5 Å². The van der Waals surface area contributed by atoms with Crippen LogP contribution in [0.2, 0.25) is 0 Å². The molecule has 42 heavy (non-hydrogen) atoms. The highest BCUT2D eigenvalue weighted by molar-refractivity contribution is 7.22. The molecule has 2 fully saturated rings. The molecule has 1 saturated heterocycles. The van der Waals surface area contributed by atoms with E-state index in [2.05, 4.69) is 10.3 Å². The van der Waals surface area contributed by atoms with E-state index in [1.807, 2.05) is 0 Å². The number of oxazole rings is 1. The molecule has 0 spiro atoms. The number of aliphatic hydroxyl groups is 1. The molecule has 6 rings (SSSR count). The Labute approximate surface area is 243 Å². The number of carbonyl (C=O) groups excluding carboxylic acids is 1. The number of nitrogens with zero attached hydrogens (tertiary/aromatic N) is 3. The molecule has 2 unspecified atom stereocenters. The lowest BCUT2D eigenvalue weighted by molar-refractivity contribution is -0.122. The van der Waals surface area contributed by atoms with E-state index in [9.17, 15) is 23.9 Å². The second-order valence-electron chi connectivity index (χ2n) is 10.7. The van der Waals surface area contributed by atoms with Gasteiger partial charge < -0.3 is 24.3 Å². The molecule has 3 aromatic heterocycles. The summed E-state index contributed by atoms with van der Waals surface area (Å²) in [5.74, 6) is -0.214. The number of hydrogen-bond donors (Lipinski definition) is 2. The number of thiophene rings is 1. The number of rotatable bonds is 8. The van der Waals surface area contributed by atoms with Crippen LogP contribution in [0, 0.1) is 12.7 Å². The number of carbonyl (C=O) groups is 1. The average Bonchev–Trinajstić information content (AvgIpc) is 3.73. The van der Waals surface area contributed by atoms with Crippen LogP contribution in [0.4, 0.5) is 4.39 Å². The van der Waals surface area contributed by atoms with Crippen molar-refractivity contribution in [3.05, 3.63) is 68.4 Å². The summed E-state index contributed by atoms with van der Waals surface area (Å²) < 4.78 is 34.7. The van der Waals surface area contributed by atoms with Gasteiger partial charge in [-0.1, -0.05) is 0 Å². The molecule has 2 aliphatic rings. The summed E-state index contributed by atoms with van der Waals surface area (Å²) in [6, 6.07) is 3.14. The van der Waals surface area contributed by atoms with Crippen LogP contribution in [-0.2, 0) is 16.1 Å². The minimum atomic E-state index is -0.965. The maximum absolute atomic E-state index is 14.6. The lowest BCUT2D eigenvalue weighted by atomic mass is 9.94. The molecule has 222 valence electrons. The average molecular weight is 599 g/mol. The molecule has 0 radical (unpaired) electrons. The Bertz CT molecular complexity index is 1740. The lowest BCUT2D eigenvalue weighted by Crippen LogP contribution is -2.44. The molecular formula is C29H31FN4O7S. The van der Waals surface area contributed by atoms with Crippen LogP contribution in [0.25, 0.3) is 21.0 Å². The number of nitrogens with one attached hydrogen (secondary N) is 1. The van der Waals surface area contributed by atoms with E-state index in [1.165, 1.54) is 53.7 Å². The van der Waals surface area contributed by atoms with Gasteiger partial charge in [0.15, 0.2) is 0 Å². The predicted molar refractivity (Wildman–Crippen MR) is 152 cm³/mol. The highest BCUT2D eigenvalue weighted by Gasteiger charge is 2.34. The highest BCUT2D eigenvalue weighted by atomic mass is 32.1. The van der Waals surface area contributed by atoms with E-state index in [-0.39, 0.29) is 24.5 Å². The number of ether oxygens (including phenoxy) is 2. The number of aromatic nitrogens is 3. The number of methoxy groups -OCH3 is 1. The number of fused-ring (bicyclic) bond motifs is 1. The third kappa shape index (κ3) is 5.05. The molecule has 1 amide bonds. The fourth-order valence-corrected chi connectivity index (χ4v) is 7.16. The summed E-state index contributed by atoms with van der Waals surface area (Å²) >= 11 is 1.18. The zero-order chi connectivity index (χ0) is 29.5. The smallest absolute Gasteiger partial charge is 0.332 e. The maximum Gasteiger partial charge on any atom is 0.332 e. The van der Waals surface area contributed by atoms with Crippen molar-refractivity contribution in [3.63, 3.8) is 0 Å². The minimum absolute atomic E-state index is 0.0895. The first-order valence-electron chi connectivity index (χ1n) is 13.9. The van der Waals surface area contributed by atoms with Gasteiger partial charge in [-0.25, -0.2) is 18.7 Å². The molecule has 13 heteroatoms. The van der Waals surface area contributed by atoms with Crippen LogP contribution >= 0.6 is 11.3 Å². The van der Waals surface area contributed by atoms with Crippen molar-refractivity contribution in [2.75, 3.05) is 13.7 Å². The van der Waals surface area contributed by atoms with Gasteiger partial charge in [-0.15, -0.1) is 11.3 Å². The molecule has 4 aromatic rings. The van der Waals surface area contributed by atoms with Gasteiger partial charge in [-0.05, 0) is 62.8 Å². The first kappa shape index (κ1) is 28.3. The SMILES string of the molecule is COc1ccc(F)cc1C(Cn1c(=O)n(C2CCNC2=O)c(=O)c2c(C)c(-c3ncco3)sc21)OC1CCC(O)CC1. The number of amides is 1. The largest absolute Gasteiger partial charge is 0.496 e. The van der Waals surface area contributed by atoms with E-state index < -0.39 is 41.2 Å². The summed E-state index contributed by atoms with van der Waals surface area (Å²) in [5, 5.41) is 13.0. The third-order valence-corrected chi connectivity index (χ3v) is 9.39. The number of aryl methyl sites for hydroxylation is 1. The van der Waals surface area contributed by atoms with Gasteiger partial charge in [0.2, 0.25) is 11.8 Å². The van der Waals surface area contributed by atoms with Crippen molar-refractivity contribution in [1.29, 1.82) is 0 Å². The van der Waals surface area contributed by atoms with Gasteiger partial charge in [0.25, 0.3) is 5.56 Å². The third-order valence-electron chi connectivity index (χ3n) is 8.09. The van der Waals surface area contributed by atoms with Gasteiger partial charge in [0.1, 0.15) is 34.8 Å². The Hall–Kier alpha value is -3.81. The van der Waals surface area contributed by atoms with Gasteiger partial charge in [-0.3, -0.25) is 14.2 Å². The Morgan fingerprint density at radius 1 is 1.21 bits per heavy atom. The van der Waals surface area contributed by atoms with Crippen molar-refractivity contribution in [1.82, 2.24) is 19.4 Å². The van der Waals surface area contributed by atoms with Crippen LogP contribution in [0.15, 0.2) is 44.7 Å². The molecule has 4 heterocycles. The summed E-state index contributed by atoms with van der Waals surface area (Å²) in [4.78, 5) is 46.0. The lowest BCUT2D eigenvalue weighted by Gasteiger charge is -2.31. The topological polar surface area (TPSA) is 138 Å². The summed E-state index contributed by atoms with van der Waals surface area (Å²) in [5.41, 5.74) is -0.258. The van der Waals surface area contributed by atoms with Gasteiger partial charge in [0.05, 0.1) is 42.3 Å². The minimum Gasteiger partial charge on any atom is -0.496 e. The first-order chi connectivity index (χ1) is 20.3. The molecular weight excluding hydrogens is 567 g/mol. The summed E-state index contributed by atoms with van der Waals surface area (Å²) in [6.45, 7) is 2.01. The van der Waals surface area contributed by atoms with Crippen molar-refractivity contribution in [2.24, 2.45) is 0 Å². The van der Waals surface area contributed by atoms with Gasteiger partial charge in [-0.2, -0.15) is 0 Å². The fraction of sp³-hybridized carbons (Fsp3) is 0.448. The Balaban J connectivity index is 1.55. The zero-order valence-electron chi connectivity index (χ0n) is 23.2. The zero-order valence-corrected chi connectivity index (χ0v) is 24.0. The van der Waals surface area contributed by atoms with E-state index in [0.717, 1.165) is 4.57 Å². The van der Waals surface area contributed by atoms with Gasteiger partial charge in [0, 0.05) is 12.1 Å². The van der Waals surface area contributed by atoms with Crippen LogP contribution in [0.5, 0.6) is 5.75 Å². The molecule has 2 N–H and O–H groups in total. The second-order valence-corrected chi connectivity index (χ2v) is 11.7. The highest BCUT2D eigenvalue weighted by Crippen LogP contribution is 2.38. The van der Waals surface area contributed by atoms with Crippen molar-refractivity contribution in [2.45, 2.75) is 69.9 Å². The molecule has 0 bridgehead atoms. The van der Waals surface area contributed by atoms with Crippen LogP contribution in [0.1, 0.15) is 55.4 Å². The molecule has 1 aliphatic heterocycles. The summed E-state index contributed by atoms with van der Waals surface area (Å²) in [7, 11) is 1.47. The Morgan fingerprint density at radius 2 is 2.00 bits per heavy atom. The number of halogens is 1. The van der Waals surface area contributed by atoms with Crippen LogP contribution < -0.4 is 21.3 Å². The van der Waals surface area contributed by atoms with Gasteiger partial charge >= 0.3 is 5.69 Å². The number of hydrogen-bond acceptors (Lipinski definition) is 9. The van der Waals surface area contributed by atoms with E-state index >= 15 is 0 Å². The quantitative estimate of drug-likeness (QED) is 0.315. The standard InChI is InChI=1S/C29H31FN4O7S/c1-15-23-27(37)34(20-9-10-31-25(20)36)29(38)33(28(23)42-24(15)26-32-11-12-40-26)14-22(41-18-6-4-17(35)5-7-18)19-13-16(30)3-8-21(19)39-2/h3,8,11-13,17-18,20,22,35H,4-7,9-10,14H2,1-2H3,(H,31,36). The summed E-state index contributed by atoms with van der Waals surface area (Å²) in [6.07, 6.45) is 4.01. The molecule has 11 nitrogen and oxygen atoms in total. The number of aliphatic hydroxyl groups excluding tert-OH is 1. The van der Waals surface area contributed by atoms with E-state index in [4.69, 9.17) is 13.9 Å². The normalized spacial score (nSPS) is 21.5.